The van der Waals surface area contributed by atoms with Crippen LogP contribution in [0.2, 0.25) is 0 Å². The van der Waals surface area contributed by atoms with E-state index in [1.54, 1.807) is 28.4 Å². The van der Waals surface area contributed by atoms with Gasteiger partial charge in [-0.2, -0.15) is 0 Å². The van der Waals surface area contributed by atoms with Gasteiger partial charge in [0.2, 0.25) is 0 Å². The molecule has 4 aromatic rings. The van der Waals surface area contributed by atoms with Gasteiger partial charge in [0.05, 0.1) is 39.5 Å². The van der Waals surface area contributed by atoms with Crippen LogP contribution >= 0.6 is 0 Å². The molecular formula is C39H54N4O4. The van der Waals surface area contributed by atoms with Gasteiger partial charge in [0, 0.05) is 12.1 Å². The Hall–Kier alpha value is -4.08. The summed E-state index contributed by atoms with van der Waals surface area (Å²) in [6, 6.07) is 30.7. The van der Waals surface area contributed by atoms with Gasteiger partial charge in [-0.3, -0.25) is 0 Å². The molecule has 47 heavy (non-hydrogen) atoms. The molecule has 8 N–H and O–H groups in total. The van der Waals surface area contributed by atoms with Crippen LogP contribution in [0.4, 0.5) is 0 Å². The second-order valence-corrected chi connectivity index (χ2v) is 12.7. The largest absolute Gasteiger partial charge is 0.497 e. The third kappa shape index (κ3) is 8.64. The minimum Gasteiger partial charge on any atom is -0.497 e. The van der Waals surface area contributed by atoms with Gasteiger partial charge in [-0.1, -0.05) is 76.2 Å². The van der Waals surface area contributed by atoms with Crippen molar-refractivity contribution in [2.75, 3.05) is 28.4 Å². The quantitative estimate of drug-likeness (QED) is 0.136. The average molecular weight is 643 g/mol. The van der Waals surface area contributed by atoms with Crippen molar-refractivity contribution in [3.63, 3.8) is 0 Å². The molecule has 8 heteroatoms. The molecule has 2 atom stereocenters. The van der Waals surface area contributed by atoms with E-state index >= 15 is 0 Å². The first-order valence-electron chi connectivity index (χ1n) is 16.0. The Morgan fingerprint density at radius 3 is 0.936 bits per heavy atom. The molecule has 4 aromatic carbocycles. The normalized spacial score (nSPS) is 13.0. The van der Waals surface area contributed by atoms with Gasteiger partial charge in [-0.15, -0.1) is 0 Å². The van der Waals surface area contributed by atoms with E-state index in [2.05, 4.69) is 27.7 Å². The Balaban J connectivity index is 0.000000256. The van der Waals surface area contributed by atoms with Crippen LogP contribution in [-0.4, -0.2) is 40.5 Å². The minimum absolute atomic E-state index is 0.209. The Morgan fingerprint density at radius 1 is 0.468 bits per heavy atom. The SMILES string of the molecule is COc1ccc(C(N)(c2ccc(OC)cc2)C(N)C(C)C)cc1.COc1ccc(C(N)(c2ccc(OC)cc2)C(N)CC(C)C)cc1. The van der Waals surface area contributed by atoms with Gasteiger partial charge in [0.15, 0.2) is 0 Å². The predicted octanol–water partition coefficient (Wildman–Crippen LogP) is 6.17. The lowest BCUT2D eigenvalue weighted by atomic mass is 9.74. The number of benzene rings is 4. The minimum atomic E-state index is -0.785. The first kappa shape index (κ1) is 37.4. The van der Waals surface area contributed by atoms with Crippen LogP contribution in [0.15, 0.2) is 97.1 Å². The van der Waals surface area contributed by atoms with Gasteiger partial charge in [-0.05, 0) is 89.0 Å². The molecule has 8 nitrogen and oxygen atoms in total. The van der Waals surface area contributed by atoms with Crippen molar-refractivity contribution in [2.24, 2.45) is 34.8 Å². The van der Waals surface area contributed by atoms with E-state index in [1.807, 2.05) is 97.1 Å². The predicted molar refractivity (Wildman–Crippen MR) is 192 cm³/mol. The summed E-state index contributed by atoms with van der Waals surface area (Å²) in [5.74, 6) is 3.87. The molecule has 0 aliphatic carbocycles. The lowest BCUT2D eigenvalue weighted by Gasteiger charge is -2.38. The van der Waals surface area contributed by atoms with Gasteiger partial charge < -0.3 is 41.9 Å². The molecule has 0 radical (unpaired) electrons. The molecule has 2 unspecified atom stereocenters. The summed E-state index contributed by atoms with van der Waals surface area (Å²) in [6.45, 7) is 8.48. The summed E-state index contributed by atoms with van der Waals surface area (Å²) in [5, 5.41) is 0. The lowest BCUT2D eigenvalue weighted by molar-refractivity contribution is 0.336. The van der Waals surface area contributed by atoms with Crippen LogP contribution < -0.4 is 41.9 Å². The average Bonchev–Trinajstić information content (AvgIpc) is 3.10. The molecule has 0 heterocycles. The maximum Gasteiger partial charge on any atom is 0.118 e. The standard InChI is InChI=1S/C20H28N2O2.C19H26N2O2/c1-14(2)13-19(21)20(22,15-5-9-17(23-3)10-6-15)16-7-11-18(24-4)12-8-16;1-13(2)18(20)19(21,14-5-9-16(22-3)10-6-14)15-7-11-17(23-4)12-8-15/h5-12,14,19H,13,21-22H2,1-4H3;5-13,18H,20-21H2,1-4H3. The van der Waals surface area contributed by atoms with E-state index < -0.39 is 11.1 Å². The highest BCUT2D eigenvalue weighted by Gasteiger charge is 2.38. The summed E-state index contributed by atoms with van der Waals surface area (Å²) in [4.78, 5) is 0. The van der Waals surface area contributed by atoms with Crippen LogP contribution in [0.5, 0.6) is 23.0 Å². The van der Waals surface area contributed by atoms with Crippen molar-refractivity contribution < 1.29 is 18.9 Å². The van der Waals surface area contributed by atoms with Crippen molar-refractivity contribution in [3.8, 4) is 23.0 Å². The topological polar surface area (TPSA) is 141 Å². The number of ether oxygens (including phenoxy) is 4. The highest BCUT2D eigenvalue weighted by molar-refractivity contribution is 5.45. The molecule has 4 rings (SSSR count). The molecule has 0 amide bonds. The molecule has 0 aliphatic rings. The zero-order chi connectivity index (χ0) is 34.8. The van der Waals surface area contributed by atoms with Crippen LogP contribution in [0.25, 0.3) is 0 Å². The highest BCUT2D eigenvalue weighted by atomic mass is 16.5. The smallest absolute Gasteiger partial charge is 0.118 e. The third-order valence-electron chi connectivity index (χ3n) is 8.82. The Labute approximate surface area is 281 Å². The second-order valence-electron chi connectivity index (χ2n) is 12.7. The fourth-order valence-electron chi connectivity index (χ4n) is 5.83. The zero-order valence-corrected chi connectivity index (χ0v) is 29.2. The Kier molecular flexibility index (Phi) is 13.2. The Bertz CT molecular complexity index is 1390. The van der Waals surface area contributed by atoms with Crippen molar-refractivity contribution in [1.82, 2.24) is 0 Å². The maximum atomic E-state index is 6.91. The fourth-order valence-corrected chi connectivity index (χ4v) is 5.83. The summed E-state index contributed by atoms with van der Waals surface area (Å²) in [5.41, 5.74) is 29.2. The van der Waals surface area contributed by atoms with Gasteiger partial charge in [-0.25, -0.2) is 0 Å². The zero-order valence-electron chi connectivity index (χ0n) is 29.2. The molecule has 0 spiro atoms. The fraction of sp³-hybridized carbons (Fsp3) is 0.385. The summed E-state index contributed by atoms with van der Waals surface area (Å²) < 4.78 is 21.0. The van der Waals surface area contributed by atoms with E-state index in [1.165, 1.54) is 0 Å². The number of hydrogen-bond donors (Lipinski definition) is 4. The Morgan fingerprint density at radius 2 is 0.723 bits per heavy atom. The molecule has 0 saturated carbocycles. The highest BCUT2D eigenvalue weighted by Crippen LogP contribution is 2.36. The van der Waals surface area contributed by atoms with Crippen molar-refractivity contribution in [1.29, 1.82) is 0 Å². The molecule has 0 fully saturated rings. The monoisotopic (exact) mass is 642 g/mol. The van der Waals surface area contributed by atoms with Gasteiger partial charge in [0.1, 0.15) is 23.0 Å². The van der Waals surface area contributed by atoms with E-state index in [9.17, 15) is 0 Å². The summed E-state index contributed by atoms with van der Waals surface area (Å²) >= 11 is 0. The van der Waals surface area contributed by atoms with Crippen LogP contribution in [0.1, 0.15) is 56.4 Å². The van der Waals surface area contributed by atoms with E-state index in [0.717, 1.165) is 51.7 Å². The third-order valence-corrected chi connectivity index (χ3v) is 8.82. The van der Waals surface area contributed by atoms with Crippen molar-refractivity contribution in [2.45, 2.75) is 57.3 Å². The molecule has 0 aromatic heterocycles. The lowest BCUT2D eigenvalue weighted by Crippen LogP contribution is -2.55. The maximum absolute atomic E-state index is 6.91. The molecule has 0 aliphatic heterocycles. The van der Waals surface area contributed by atoms with Crippen molar-refractivity contribution in [3.05, 3.63) is 119 Å². The number of rotatable bonds is 13. The number of nitrogens with two attached hydrogens (primary N) is 4. The van der Waals surface area contributed by atoms with Crippen LogP contribution in [0, 0.1) is 11.8 Å². The van der Waals surface area contributed by atoms with Crippen LogP contribution in [0.3, 0.4) is 0 Å². The van der Waals surface area contributed by atoms with E-state index in [4.69, 9.17) is 41.9 Å². The number of methoxy groups -OCH3 is 4. The molecular weight excluding hydrogens is 588 g/mol. The van der Waals surface area contributed by atoms with Gasteiger partial charge in [0.25, 0.3) is 0 Å². The van der Waals surface area contributed by atoms with Gasteiger partial charge >= 0.3 is 0 Å². The van der Waals surface area contributed by atoms with E-state index in [-0.39, 0.29) is 18.0 Å². The summed E-state index contributed by atoms with van der Waals surface area (Å²) in [6.07, 6.45) is 0.828. The second kappa shape index (κ2) is 16.7. The van der Waals surface area contributed by atoms with Crippen molar-refractivity contribution >= 4 is 0 Å². The van der Waals surface area contributed by atoms with Crippen LogP contribution in [-0.2, 0) is 11.1 Å². The molecule has 0 saturated heterocycles. The first-order chi connectivity index (χ1) is 22.3. The molecule has 0 bridgehead atoms. The number of hydrogen-bond acceptors (Lipinski definition) is 8. The summed E-state index contributed by atoms with van der Waals surface area (Å²) in [7, 11) is 6.60. The van der Waals surface area contributed by atoms with E-state index in [0.29, 0.717) is 5.92 Å². The first-order valence-corrected chi connectivity index (χ1v) is 16.0. The molecule has 254 valence electrons.